The van der Waals surface area contributed by atoms with E-state index in [1.165, 1.54) is 16.8 Å². The van der Waals surface area contributed by atoms with Gasteiger partial charge < -0.3 is 4.90 Å². The molecule has 1 aliphatic heterocycles. The van der Waals surface area contributed by atoms with Crippen molar-refractivity contribution in [2.24, 2.45) is 0 Å². The number of amides is 1. The van der Waals surface area contributed by atoms with Gasteiger partial charge in [0.1, 0.15) is 5.69 Å². The minimum Gasteiger partial charge on any atom is -0.337 e. The van der Waals surface area contributed by atoms with Crippen LogP contribution in [-0.4, -0.2) is 48.7 Å². The molecule has 1 amide bonds. The lowest BCUT2D eigenvalue weighted by Crippen LogP contribution is -2.38. The van der Waals surface area contributed by atoms with Gasteiger partial charge in [-0.1, -0.05) is 11.6 Å². The maximum atomic E-state index is 12.5. The Kier molecular flexibility index (Phi) is 3.84. The molecule has 0 aromatic carbocycles. The quantitative estimate of drug-likeness (QED) is 0.726. The van der Waals surface area contributed by atoms with Crippen molar-refractivity contribution in [3.05, 3.63) is 50.8 Å². The lowest BCUT2D eigenvalue weighted by molar-refractivity contribution is 0.0706. The third-order valence-electron chi connectivity index (χ3n) is 4.63. The smallest absolute Gasteiger partial charge is 0.273 e. The van der Waals surface area contributed by atoms with Gasteiger partial charge in [0.25, 0.3) is 11.5 Å². The third-order valence-corrected chi connectivity index (χ3v) is 4.91. The monoisotopic (exact) mass is 360 g/mol. The number of nitrogens with one attached hydrogen (secondary N) is 2. The number of fused-ring (bicyclic) bond motifs is 1. The van der Waals surface area contributed by atoms with Crippen molar-refractivity contribution in [1.29, 1.82) is 0 Å². The Labute approximate surface area is 147 Å². The second-order valence-corrected chi connectivity index (χ2v) is 6.71. The molecule has 130 valence electrons. The molecule has 4 heterocycles. The zero-order chi connectivity index (χ0) is 17.6. The van der Waals surface area contributed by atoms with Crippen LogP contribution in [0.15, 0.2) is 23.1 Å². The molecule has 8 nitrogen and oxygen atoms in total. The van der Waals surface area contributed by atoms with Crippen molar-refractivity contribution in [1.82, 2.24) is 29.7 Å². The summed E-state index contributed by atoms with van der Waals surface area (Å²) in [5.74, 6) is 0.119. The number of hydrogen-bond donors (Lipinski definition) is 2. The van der Waals surface area contributed by atoms with Gasteiger partial charge in [0.15, 0.2) is 5.65 Å². The van der Waals surface area contributed by atoms with Crippen LogP contribution in [0, 0.1) is 6.92 Å². The molecule has 3 aromatic heterocycles. The van der Waals surface area contributed by atoms with Crippen molar-refractivity contribution in [3.63, 3.8) is 0 Å². The van der Waals surface area contributed by atoms with E-state index in [2.05, 4.69) is 20.3 Å². The van der Waals surface area contributed by atoms with Crippen LogP contribution < -0.4 is 5.56 Å². The molecule has 0 radical (unpaired) electrons. The second kappa shape index (κ2) is 6.03. The molecule has 1 aliphatic rings. The number of likely N-dealkylation sites (tertiary alicyclic amines) is 1. The zero-order valence-electron chi connectivity index (χ0n) is 13.6. The van der Waals surface area contributed by atoms with Crippen LogP contribution in [0.3, 0.4) is 0 Å². The number of nitrogens with zero attached hydrogens (tertiary/aromatic N) is 4. The number of aromatic nitrogens is 5. The van der Waals surface area contributed by atoms with Crippen molar-refractivity contribution in [3.8, 4) is 0 Å². The van der Waals surface area contributed by atoms with Crippen LogP contribution in [-0.2, 0) is 0 Å². The van der Waals surface area contributed by atoms with E-state index < -0.39 is 0 Å². The fraction of sp³-hybridized carbons (Fsp3) is 0.375. The number of carbonyl (C=O) groups is 1. The predicted octanol–water partition coefficient (Wildman–Crippen LogP) is 1.73. The molecular weight excluding hydrogens is 344 g/mol. The average molecular weight is 361 g/mol. The molecule has 1 fully saturated rings. The third kappa shape index (κ3) is 2.82. The van der Waals surface area contributed by atoms with E-state index in [0.717, 1.165) is 18.5 Å². The predicted molar refractivity (Wildman–Crippen MR) is 92.0 cm³/mol. The lowest BCUT2D eigenvalue weighted by atomic mass is 9.93. The van der Waals surface area contributed by atoms with E-state index in [4.69, 9.17) is 11.6 Å². The van der Waals surface area contributed by atoms with Gasteiger partial charge in [-0.3, -0.25) is 19.8 Å². The van der Waals surface area contributed by atoms with E-state index in [1.807, 2.05) is 6.07 Å². The van der Waals surface area contributed by atoms with Crippen LogP contribution >= 0.6 is 11.6 Å². The van der Waals surface area contributed by atoms with Gasteiger partial charge in [0.2, 0.25) is 0 Å². The Hall–Kier alpha value is -2.61. The molecule has 3 aromatic rings. The Morgan fingerprint density at radius 2 is 2.08 bits per heavy atom. The molecule has 9 heteroatoms. The number of piperidine rings is 1. The van der Waals surface area contributed by atoms with Gasteiger partial charge >= 0.3 is 0 Å². The topological polar surface area (TPSA) is 99.2 Å². The standard InChI is InChI=1S/C16H17ClN6O2/c1-9-6-14(24)23-13(19-9)7-12(21-23)10-2-4-22(5-3-10)16(25)15-11(17)8-18-20-15/h6-8,10,21H,2-5H2,1H3,(H,18,20). The van der Waals surface area contributed by atoms with E-state index in [9.17, 15) is 9.59 Å². The number of aryl methyl sites for hydroxylation is 1. The van der Waals surface area contributed by atoms with Gasteiger partial charge in [0, 0.05) is 42.5 Å². The van der Waals surface area contributed by atoms with E-state index in [0.29, 0.717) is 35.1 Å². The number of carbonyl (C=O) groups excluding carboxylic acids is 1. The highest BCUT2D eigenvalue weighted by Gasteiger charge is 2.27. The summed E-state index contributed by atoms with van der Waals surface area (Å²) in [6.45, 7) is 3.05. The lowest BCUT2D eigenvalue weighted by Gasteiger charge is -2.31. The van der Waals surface area contributed by atoms with Gasteiger partial charge in [-0.15, -0.1) is 0 Å². The number of rotatable bonds is 2. The summed E-state index contributed by atoms with van der Waals surface area (Å²) >= 11 is 5.97. The van der Waals surface area contributed by atoms with E-state index in [-0.39, 0.29) is 17.4 Å². The number of aromatic amines is 2. The average Bonchev–Trinajstić information content (AvgIpc) is 3.20. The van der Waals surface area contributed by atoms with Gasteiger partial charge in [-0.25, -0.2) is 9.50 Å². The Balaban J connectivity index is 1.50. The highest BCUT2D eigenvalue weighted by Crippen LogP contribution is 2.28. The maximum Gasteiger partial charge on any atom is 0.273 e. The van der Waals surface area contributed by atoms with Crippen LogP contribution in [0.4, 0.5) is 0 Å². The molecule has 4 rings (SSSR count). The van der Waals surface area contributed by atoms with Gasteiger partial charge in [-0.2, -0.15) is 5.10 Å². The first-order valence-electron chi connectivity index (χ1n) is 8.10. The van der Waals surface area contributed by atoms with Crippen LogP contribution in [0.2, 0.25) is 5.02 Å². The molecule has 0 spiro atoms. The van der Waals surface area contributed by atoms with Crippen LogP contribution in [0.25, 0.3) is 5.65 Å². The molecule has 1 saturated heterocycles. The highest BCUT2D eigenvalue weighted by molar-refractivity contribution is 6.33. The maximum absolute atomic E-state index is 12.5. The highest BCUT2D eigenvalue weighted by atomic mass is 35.5. The van der Waals surface area contributed by atoms with E-state index in [1.54, 1.807) is 11.8 Å². The normalized spacial score (nSPS) is 15.8. The minimum atomic E-state index is -0.133. The van der Waals surface area contributed by atoms with Crippen molar-refractivity contribution in [2.45, 2.75) is 25.7 Å². The molecule has 0 bridgehead atoms. The molecule has 0 aliphatic carbocycles. The zero-order valence-corrected chi connectivity index (χ0v) is 14.4. The number of H-pyrrole nitrogens is 2. The number of halogens is 1. The molecule has 2 N–H and O–H groups in total. The van der Waals surface area contributed by atoms with Crippen molar-refractivity contribution >= 4 is 23.2 Å². The first-order valence-corrected chi connectivity index (χ1v) is 8.48. The minimum absolute atomic E-state index is 0.116. The summed E-state index contributed by atoms with van der Waals surface area (Å²) in [7, 11) is 0. The summed E-state index contributed by atoms with van der Waals surface area (Å²) in [5, 5.41) is 9.92. The summed E-state index contributed by atoms with van der Waals surface area (Å²) in [5.41, 5.74) is 2.52. The Morgan fingerprint density at radius 1 is 1.32 bits per heavy atom. The fourth-order valence-electron chi connectivity index (χ4n) is 3.31. The van der Waals surface area contributed by atoms with Gasteiger partial charge in [0.05, 0.1) is 11.2 Å². The first-order chi connectivity index (χ1) is 12.0. The molecule has 0 unspecified atom stereocenters. The van der Waals surface area contributed by atoms with Gasteiger partial charge in [-0.05, 0) is 19.8 Å². The largest absolute Gasteiger partial charge is 0.337 e. The molecule has 0 atom stereocenters. The Bertz CT molecular complexity index is 996. The summed E-state index contributed by atoms with van der Waals surface area (Å²) in [4.78, 5) is 30.6. The summed E-state index contributed by atoms with van der Waals surface area (Å²) < 4.78 is 1.46. The molecule has 0 saturated carbocycles. The molecular formula is C16H17ClN6O2. The fourth-order valence-corrected chi connectivity index (χ4v) is 3.48. The second-order valence-electron chi connectivity index (χ2n) is 6.30. The first kappa shape index (κ1) is 15.9. The van der Waals surface area contributed by atoms with Crippen molar-refractivity contribution < 1.29 is 4.79 Å². The Morgan fingerprint density at radius 3 is 2.76 bits per heavy atom. The van der Waals surface area contributed by atoms with E-state index >= 15 is 0 Å². The van der Waals surface area contributed by atoms with Crippen LogP contribution in [0.1, 0.15) is 40.6 Å². The SMILES string of the molecule is Cc1cc(=O)n2[nH]c(C3CCN(C(=O)c4[nH]ncc4Cl)CC3)cc2n1. The number of hydrogen-bond acceptors (Lipinski definition) is 4. The van der Waals surface area contributed by atoms with Crippen molar-refractivity contribution in [2.75, 3.05) is 13.1 Å². The summed E-state index contributed by atoms with van der Waals surface area (Å²) in [6.07, 6.45) is 3.04. The van der Waals surface area contributed by atoms with Crippen LogP contribution in [0.5, 0.6) is 0 Å². The molecule has 25 heavy (non-hydrogen) atoms. The summed E-state index contributed by atoms with van der Waals surface area (Å²) in [6, 6.07) is 3.42.